The molecule has 1 aliphatic heterocycles. The second-order valence-electron chi connectivity index (χ2n) is 5.40. The number of rotatable bonds is 3. The molecule has 1 aromatic heterocycles. The molecule has 0 spiro atoms. The van der Waals surface area contributed by atoms with E-state index in [1.807, 2.05) is 12.1 Å². The van der Waals surface area contributed by atoms with Gasteiger partial charge in [0.2, 0.25) is 11.9 Å². The molecule has 3 rings (SSSR count). The fourth-order valence-electron chi connectivity index (χ4n) is 2.63. The van der Waals surface area contributed by atoms with Crippen molar-refractivity contribution < 1.29 is 0 Å². The quantitative estimate of drug-likeness (QED) is 0.929. The van der Waals surface area contributed by atoms with Crippen molar-refractivity contribution in [2.75, 3.05) is 23.7 Å². The minimum Gasteiger partial charge on any atom is -0.368 e. The summed E-state index contributed by atoms with van der Waals surface area (Å²) in [5.41, 5.74) is 8.49. The fourth-order valence-corrected chi connectivity index (χ4v) is 2.63. The molecule has 1 aromatic carbocycles. The summed E-state index contributed by atoms with van der Waals surface area (Å²) < 4.78 is 1.80. The van der Waals surface area contributed by atoms with Crippen molar-refractivity contribution in [1.29, 1.82) is 0 Å². The standard InChI is InChI=1S/C15H21N5/c1-12-7-3-4-8-13(12)11-20-14(16)17-15(18-20)19-9-5-2-6-10-19/h3-4,7-8H,2,5-6,9-11H2,1H3,(H2,16,17,18). The van der Waals surface area contributed by atoms with Gasteiger partial charge in [-0.3, -0.25) is 0 Å². The highest BCUT2D eigenvalue weighted by molar-refractivity contribution is 5.36. The SMILES string of the molecule is Cc1ccccc1Cn1nc(N2CCCCC2)nc1N. The van der Waals surface area contributed by atoms with E-state index >= 15 is 0 Å². The van der Waals surface area contributed by atoms with Gasteiger partial charge in [0, 0.05) is 13.1 Å². The molecule has 0 unspecified atom stereocenters. The monoisotopic (exact) mass is 271 g/mol. The summed E-state index contributed by atoms with van der Waals surface area (Å²) in [6.45, 7) is 4.86. The predicted octanol–water partition coefficient (Wildman–Crippen LogP) is 2.21. The van der Waals surface area contributed by atoms with Crippen molar-refractivity contribution in [1.82, 2.24) is 14.8 Å². The molecule has 106 valence electrons. The van der Waals surface area contributed by atoms with Gasteiger partial charge in [0.1, 0.15) is 0 Å². The Morgan fingerprint density at radius 2 is 1.90 bits per heavy atom. The van der Waals surface area contributed by atoms with Crippen LogP contribution in [0.2, 0.25) is 0 Å². The Kier molecular flexibility index (Phi) is 3.58. The zero-order valence-electron chi connectivity index (χ0n) is 11.9. The van der Waals surface area contributed by atoms with E-state index in [2.05, 4.69) is 34.0 Å². The van der Waals surface area contributed by atoms with Gasteiger partial charge in [0.05, 0.1) is 6.54 Å². The van der Waals surface area contributed by atoms with Gasteiger partial charge in [0.15, 0.2) is 0 Å². The van der Waals surface area contributed by atoms with Crippen LogP contribution in [-0.2, 0) is 6.54 Å². The van der Waals surface area contributed by atoms with Gasteiger partial charge in [-0.25, -0.2) is 4.68 Å². The third kappa shape index (κ3) is 2.61. The van der Waals surface area contributed by atoms with Gasteiger partial charge in [-0.15, -0.1) is 5.10 Å². The van der Waals surface area contributed by atoms with Crippen LogP contribution in [-0.4, -0.2) is 27.9 Å². The number of aryl methyl sites for hydroxylation is 1. The normalized spacial score (nSPS) is 15.6. The topological polar surface area (TPSA) is 60.0 Å². The molecule has 0 aliphatic carbocycles. The molecule has 2 heterocycles. The number of anilines is 2. The number of nitrogens with zero attached hydrogens (tertiary/aromatic N) is 4. The van der Waals surface area contributed by atoms with E-state index in [1.54, 1.807) is 4.68 Å². The Balaban J connectivity index is 1.80. The Bertz CT molecular complexity index is 584. The maximum Gasteiger partial charge on any atom is 0.246 e. The third-order valence-corrected chi connectivity index (χ3v) is 3.91. The van der Waals surface area contributed by atoms with E-state index in [0.29, 0.717) is 12.5 Å². The smallest absolute Gasteiger partial charge is 0.246 e. The minimum atomic E-state index is 0.494. The highest BCUT2D eigenvalue weighted by Crippen LogP contribution is 2.18. The van der Waals surface area contributed by atoms with Crippen molar-refractivity contribution in [2.45, 2.75) is 32.7 Å². The maximum absolute atomic E-state index is 6.01. The lowest BCUT2D eigenvalue weighted by Gasteiger charge is -2.24. The number of aromatic nitrogens is 3. The molecule has 20 heavy (non-hydrogen) atoms. The van der Waals surface area contributed by atoms with Crippen LogP contribution in [0.5, 0.6) is 0 Å². The number of piperidine rings is 1. The van der Waals surface area contributed by atoms with Gasteiger partial charge in [0.25, 0.3) is 0 Å². The first kappa shape index (κ1) is 13.0. The van der Waals surface area contributed by atoms with Crippen LogP contribution in [0, 0.1) is 6.92 Å². The lowest BCUT2D eigenvalue weighted by Crippen LogP contribution is -2.30. The molecule has 5 heteroatoms. The van der Waals surface area contributed by atoms with E-state index < -0.39 is 0 Å². The van der Waals surface area contributed by atoms with Crippen molar-refractivity contribution in [3.05, 3.63) is 35.4 Å². The zero-order valence-corrected chi connectivity index (χ0v) is 11.9. The maximum atomic E-state index is 6.01. The summed E-state index contributed by atoms with van der Waals surface area (Å²) in [6, 6.07) is 8.30. The summed E-state index contributed by atoms with van der Waals surface area (Å²) in [4.78, 5) is 6.65. The van der Waals surface area contributed by atoms with Gasteiger partial charge in [-0.1, -0.05) is 24.3 Å². The Hall–Kier alpha value is -2.04. The summed E-state index contributed by atoms with van der Waals surface area (Å²) in [5.74, 6) is 1.27. The van der Waals surface area contributed by atoms with Crippen molar-refractivity contribution in [3.8, 4) is 0 Å². The molecule has 0 saturated carbocycles. The molecule has 2 N–H and O–H groups in total. The molecular weight excluding hydrogens is 250 g/mol. The van der Waals surface area contributed by atoms with E-state index in [1.165, 1.54) is 30.4 Å². The minimum absolute atomic E-state index is 0.494. The molecule has 0 radical (unpaired) electrons. The lowest BCUT2D eigenvalue weighted by molar-refractivity contribution is 0.564. The van der Waals surface area contributed by atoms with Crippen LogP contribution in [0.4, 0.5) is 11.9 Å². The number of benzene rings is 1. The molecule has 1 saturated heterocycles. The fraction of sp³-hybridized carbons (Fsp3) is 0.467. The van der Waals surface area contributed by atoms with Crippen LogP contribution in [0.25, 0.3) is 0 Å². The van der Waals surface area contributed by atoms with Crippen molar-refractivity contribution >= 4 is 11.9 Å². The van der Waals surface area contributed by atoms with Crippen LogP contribution < -0.4 is 10.6 Å². The van der Waals surface area contributed by atoms with Crippen LogP contribution in [0.1, 0.15) is 30.4 Å². The molecule has 1 fully saturated rings. The van der Waals surface area contributed by atoms with E-state index in [4.69, 9.17) is 5.73 Å². The van der Waals surface area contributed by atoms with Crippen molar-refractivity contribution in [2.24, 2.45) is 0 Å². The van der Waals surface area contributed by atoms with Crippen LogP contribution >= 0.6 is 0 Å². The summed E-state index contributed by atoms with van der Waals surface area (Å²) >= 11 is 0. The zero-order chi connectivity index (χ0) is 13.9. The van der Waals surface area contributed by atoms with Gasteiger partial charge in [-0.05, 0) is 37.3 Å². The molecule has 2 aromatic rings. The first-order valence-electron chi connectivity index (χ1n) is 7.24. The molecule has 0 amide bonds. The molecule has 1 aliphatic rings. The molecule has 0 bridgehead atoms. The average Bonchev–Trinajstić information content (AvgIpc) is 2.84. The molecular formula is C15H21N5. The summed E-state index contributed by atoms with van der Waals surface area (Å²) in [6.07, 6.45) is 3.73. The average molecular weight is 271 g/mol. The summed E-state index contributed by atoms with van der Waals surface area (Å²) in [7, 11) is 0. The Labute approximate surface area is 119 Å². The van der Waals surface area contributed by atoms with E-state index in [-0.39, 0.29) is 0 Å². The highest BCUT2D eigenvalue weighted by Gasteiger charge is 2.17. The van der Waals surface area contributed by atoms with E-state index in [0.717, 1.165) is 19.0 Å². The first-order valence-corrected chi connectivity index (χ1v) is 7.24. The molecule has 0 atom stereocenters. The van der Waals surface area contributed by atoms with Gasteiger partial charge in [-0.2, -0.15) is 4.98 Å². The number of nitrogen functional groups attached to an aromatic ring is 1. The number of hydrogen-bond donors (Lipinski definition) is 1. The first-order chi connectivity index (χ1) is 9.74. The second kappa shape index (κ2) is 5.53. The van der Waals surface area contributed by atoms with E-state index in [9.17, 15) is 0 Å². The van der Waals surface area contributed by atoms with Gasteiger partial charge < -0.3 is 10.6 Å². The summed E-state index contributed by atoms with van der Waals surface area (Å²) in [5, 5.41) is 4.58. The third-order valence-electron chi connectivity index (χ3n) is 3.91. The Morgan fingerprint density at radius 1 is 1.15 bits per heavy atom. The van der Waals surface area contributed by atoms with Crippen LogP contribution in [0.15, 0.2) is 24.3 Å². The number of hydrogen-bond acceptors (Lipinski definition) is 4. The van der Waals surface area contributed by atoms with Crippen molar-refractivity contribution in [3.63, 3.8) is 0 Å². The molecule has 5 nitrogen and oxygen atoms in total. The van der Waals surface area contributed by atoms with Gasteiger partial charge >= 0.3 is 0 Å². The lowest BCUT2D eigenvalue weighted by atomic mass is 10.1. The number of nitrogens with two attached hydrogens (primary N) is 1. The highest BCUT2D eigenvalue weighted by atomic mass is 15.4. The van der Waals surface area contributed by atoms with Crippen LogP contribution in [0.3, 0.4) is 0 Å². The Morgan fingerprint density at radius 3 is 2.65 bits per heavy atom. The second-order valence-corrected chi connectivity index (χ2v) is 5.40. The predicted molar refractivity (Wildman–Crippen MR) is 80.8 cm³/mol. The largest absolute Gasteiger partial charge is 0.368 e.